The Morgan fingerprint density at radius 2 is 2.17 bits per heavy atom. The molecule has 1 aromatic carbocycles. The smallest absolute Gasteiger partial charge is 0.261 e. The van der Waals surface area contributed by atoms with Crippen molar-refractivity contribution in [3.05, 3.63) is 40.4 Å². The van der Waals surface area contributed by atoms with Crippen molar-refractivity contribution in [1.82, 2.24) is 14.5 Å². The molecule has 7 nitrogen and oxygen atoms in total. The minimum atomic E-state index is -0.271. The zero-order chi connectivity index (χ0) is 17.3. The standard InChI is InChI=1S/C17H21N3O4/c1-11-18-15-6-4-3-5-14(15)17(23)19(11)9-16(22)20-8-13(24-2)7-12(20)10-21/h3-6,12-13,21H,7-10H2,1-2H3/t12-,13-/m0/s1. The van der Waals surface area contributed by atoms with E-state index in [1.165, 1.54) is 4.57 Å². The Kier molecular flexibility index (Phi) is 4.64. The van der Waals surface area contributed by atoms with Crippen LogP contribution in [-0.2, 0) is 16.1 Å². The fourth-order valence-corrected chi connectivity index (χ4v) is 3.21. The van der Waals surface area contributed by atoms with Gasteiger partial charge in [0, 0.05) is 13.7 Å². The summed E-state index contributed by atoms with van der Waals surface area (Å²) in [6, 6.07) is 6.81. The van der Waals surface area contributed by atoms with E-state index in [9.17, 15) is 14.7 Å². The number of hydrogen-bond acceptors (Lipinski definition) is 5. The number of carbonyl (C=O) groups is 1. The highest BCUT2D eigenvalue weighted by Crippen LogP contribution is 2.20. The molecule has 1 aliphatic heterocycles. The number of ether oxygens (including phenoxy) is 1. The number of rotatable bonds is 4. The number of para-hydroxylation sites is 1. The maximum Gasteiger partial charge on any atom is 0.261 e. The Labute approximate surface area is 139 Å². The van der Waals surface area contributed by atoms with Crippen LogP contribution in [0, 0.1) is 6.92 Å². The van der Waals surface area contributed by atoms with E-state index in [1.807, 2.05) is 6.07 Å². The van der Waals surface area contributed by atoms with Crippen molar-refractivity contribution in [3.63, 3.8) is 0 Å². The lowest BCUT2D eigenvalue weighted by Gasteiger charge is -2.23. The first-order valence-electron chi connectivity index (χ1n) is 7.94. The number of aryl methyl sites for hydroxylation is 1. The molecule has 1 fully saturated rings. The number of nitrogens with zero attached hydrogens (tertiary/aromatic N) is 3. The monoisotopic (exact) mass is 331 g/mol. The maximum absolute atomic E-state index is 12.7. The van der Waals surface area contributed by atoms with Gasteiger partial charge in [-0.1, -0.05) is 12.1 Å². The molecule has 3 rings (SSSR count). The second-order valence-electron chi connectivity index (χ2n) is 6.04. The average Bonchev–Trinajstić information content (AvgIpc) is 3.02. The van der Waals surface area contributed by atoms with Crippen molar-refractivity contribution in [3.8, 4) is 0 Å². The molecular weight excluding hydrogens is 310 g/mol. The van der Waals surface area contributed by atoms with Crippen molar-refractivity contribution >= 4 is 16.8 Å². The molecule has 0 radical (unpaired) electrons. The Hall–Kier alpha value is -2.25. The van der Waals surface area contributed by atoms with Gasteiger partial charge in [0.05, 0.1) is 29.7 Å². The lowest BCUT2D eigenvalue weighted by Crippen LogP contribution is -2.42. The van der Waals surface area contributed by atoms with Gasteiger partial charge in [0.25, 0.3) is 5.56 Å². The molecule has 7 heteroatoms. The highest BCUT2D eigenvalue weighted by molar-refractivity contribution is 5.79. The molecule has 2 atom stereocenters. The van der Waals surface area contributed by atoms with Gasteiger partial charge >= 0.3 is 0 Å². The van der Waals surface area contributed by atoms with E-state index >= 15 is 0 Å². The number of aromatic nitrogens is 2. The van der Waals surface area contributed by atoms with Crippen molar-refractivity contribution < 1.29 is 14.6 Å². The van der Waals surface area contributed by atoms with Crippen LogP contribution >= 0.6 is 0 Å². The molecular formula is C17H21N3O4. The van der Waals surface area contributed by atoms with Gasteiger partial charge in [-0.05, 0) is 25.5 Å². The molecule has 1 aromatic heterocycles. The molecule has 0 spiro atoms. The third-order valence-corrected chi connectivity index (χ3v) is 4.59. The molecule has 2 heterocycles. The number of amides is 1. The fraction of sp³-hybridized carbons (Fsp3) is 0.471. The molecule has 1 N–H and O–H groups in total. The summed E-state index contributed by atoms with van der Waals surface area (Å²) in [5, 5.41) is 9.98. The van der Waals surface area contributed by atoms with E-state index in [0.717, 1.165) is 0 Å². The van der Waals surface area contributed by atoms with Gasteiger partial charge in [-0.3, -0.25) is 14.2 Å². The van der Waals surface area contributed by atoms with Gasteiger partial charge in [-0.25, -0.2) is 4.98 Å². The van der Waals surface area contributed by atoms with Crippen LogP contribution in [-0.4, -0.2) is 57.9 Å². The van der Waals surface area contributed by atoms with E-state index < -0.39 is 0 Å². The molecule has 1 amide bonds. The van der Waals surface area contributed by atoms with Crippen LogP contribution in [0.25, 0.3) is 10.9 Å². The van der Waals surface area contributed by atoms with Gasteiger partial charge in [-0.15, -0.1) is 0 Å². The SMILES string of the molecule is CO[C@H]1C[C@@H](CO)N(C(=O)Cn2c(C)nc3ccccc3c2=O)C1. The van der Waals surface area contributed by atoms with Gasteiger partial charge in [0.15, 0.2) is 0 Å². The Balaban J connectivity index is 1.89. The van der Waals surface area contributed by atoms with Crippen molar-refractivity contribution in [2.45, 2.75) is 32.0 Å². The second kappa shape index (κ2) is 6.70. The first-order chi connectivity index (χ1) is 11.5. The van der Waals surface area contributed by atoms with Crippen LogP contribution < -0.4 is 5.56 Å². The summed E-state index contributed by atoms with van der Waals surface area (Å²) in [4.78, 5) is 31.3. The minimum Gasteiger partial charge on any atom is -0.394 e. The van der Waals surface area contributed by atoms with E-state index in [4.69, 9.17) is 4.74 Å². The topological polar surface area (TPSA) is 84.7 Å². The number of hydrogen-bond donors (Lipinski definition) is 1. The third-order valence-electron chi connectivity index (χ3n) is 4.59. The summed E-state index contributed by atoms with van der Waals surface area (Å²) in [5.41, 5.74) is 0.395. The second-order valence-corrected chi connectivity index (χ2v) is 6.04. The molecule has 0 aliphatic carbocycles. The zero-order valence-corrected chi connectivity index (χ0v) is 13.8. The highest BCUT2D eigenvalue weighted by atomic mass is 16.5. The first-order valence-corrected chi connectivity index (χ1v) is 7.94. The number of aliphatic hydroxyl groups excluding tert-OH is 1. The lowest BCUT2D eigenvalue weighted by atomic mass is 10.2. The van der Waals surface area contributed by atoms with Crippen molar-refractivity contribution in [2.24, 2.45) is 0 Å². The molecule has 0 saturated carbocycles. The average molecular weight is 331 g/mol. The summed E-state index contributed by atoms with van der Waals surface area (Å²) >= 11 is 0. The van der Waals surface area contributed by atoms with Crippen LogP contribution in [0.15, 0.2) is 29.1 Å². The third kappa shape index (κ3) is 2.92. The molecule has 128 valence electrons. The molecule has 0 bridgehead atoms. The van der Waals surface area contributed by atoms with Crippen LogP contribution in [0.5, 0.6) is 0 Å². The highest BCUT2D eigenvalue weighted by Gasteiger charge is 2.35. The predicted molar refractivity (Wildman–Crippen MR) is 88.7 cm³/mol. The number of aliphatic hydroxyl groups is 1. The predicted octanol–water partition coefficient (Wildman–Crippen LogP) is 0.313. The summed E-state index contributed by atoms with van der Waals surface area (Å²) in [6.07, 6.45) is 0.515. The molecule has 0 unspecified atom stereocenters. The Morgan fingerprint density at radius 3 is 2.88 bits per heavy atom. The molecule has 1 saturated heterocycles. The Bertz CT molecular complexity index is 817. The van der Waals surface area contributed by atoms with Gasteiger partial charge < -0.3 is 14.7 Å². The summed E-state index contributed by atoms with van der Waals surface area (Å²) in [7, 11) is 1.59. The first kappa shape index (κ1) is 16.6. The summed E-state index contributed by atoms with van der Waals surface area (Å²) < 4.78 is 6.68. The van der Waals surface area contributed by atoms with E-state index in [1.54, 1.807) is 37.1 Å². The van der Waals surface area contributed by atoms with Crippen molar-refractivity contribution in [1.29, 1.82) is 0 Å². The molecule has 24 heavy (non-hydrogen) atoms. The Morgan fingerprint density at radius 1 is 1.42 bits per heavy atom. The van der Waals surface area contributed by atoms with Crippen LogP contribution in [0.2, 0.25) is 0 Å². The quantitative estimate of drug-likeness (QED) is 0.872. The van der Waals surface area contributed by atoms with Crippen LogP contribution in [0.1, 0.15) is 12.2 Å². The van der Waals surface area contributed by atoms with Crippen LogP contribution in [0.3, 0.4) is 0 Å². The molecule has 1 aliphatic rings. The summed E-state index contributed by atoms with van der Waals surface area (Å²) in [6.45, 7) is 1.94. The van der Waals surface area contributed by atoms with E-state index in [2.05, 4.69) is 4.98 Å². The molecule has 2 aromatic rings. The number of fused-ring (bicyclic) bond motifs is 1. The normalized spacial score (nSPS) is 20.7. The van der Waals surface area contributed by atoms with E-state index in [0.29, 0.717) is 29.7 Å². The fourth-order valence-electron chi connectivity index (χ4n) is 3.21. The van der Waals surface area contributed by atoms with Gasteiger partial charge in [0.1, 0.15) is 12.4 Å². The number of methoxy groups -OCH3 is 1. The number of likely N-dealkylation sites (tertiary alicyclic amines) is 1. The zero-order valence-electron chi connectivity index (χ0n) is 13.8. The lowest BCUT2D eigenvalue weighted by molar-refractivity contribution is -0.133. The van der Waals surface area contributed by atoms with Crippen LogP contribution in [0.4, 0.5) is 0 Å². The van der Waals surface area contributed by atoms with Crippen molar-refractivity contribution in [2.75, 3.05) is 20.3 Å². The summed E-state index contributed by atoms with van der Waals surface area (Å²) in [5.74, 6) is 0.283. The maximum atomic E-state index is 12.7. The number of benzene rings is 1. The minimum absolute atomic E-state index is 0.0846. The van der Waals surface area contributed by atoms with E-state index in [-0.39, 0.29) is 36.8 Å². The van der Waals surface area contributed by atoms with Gasteiger partial charge in [-0.2, -0.15) is 0 Å². The van der Waals surface area contributed by atoms with Gasteiger partial charge in [0.2, 0.25) is 5.91 Å². The largest absolute Gasteiger partial charge is 0.394 e. The number of carbonyl (C=O) groups excluding carboxylic acids is 1.